The molecule has 0 aromatic heterocycles. The van der Waals surface area contributed by atoms with Gasteiger partial charge in [-0.3, -0.25) is 0 Å². The second-order valence-corrected chi connectivity index (χ2v) is 6.49. The van der Waals surface area contributed by atoms with Crippen molar-refractivity contribution in [3.8, 4) is 0 Å². The third-order valence-corrected chi connectivity index (χ3v) is 4.97. The number of benzene rings is 1. The Hall–Kier alpha value is -1.09. The molecule has 1 N–H and O–H groups in total. The summed E-state index contributed by atoms with van der Waals surface area (Å²) >= 11 is 0. The van der Waals surface area contributed by atoms with E-state index in [0.717, 1.165) is 24.2 Å². The lowest BCUT2D eigenvalue weighted by atomic mass is 9.90. The van der Waals surface area contributed by atoms with E-state index in [1.807, 2.05) is 13.0 Å². The molecule has 1 aromatic rings. The monoisotopic (exact) mass is 292 g/mol. The summed E-state index contributed by atoms with van der Waals surface area (Å²) in [6.45, 7) is 12.6. The highest BCUT2D eigenvalue weighted by atomic mass is 19.1. The van der Waals surface area contributed by atoms with Crippen molar-refractivity contribution in [2.45, 2.75) is 59.5 Å². The Balaban J connectivity index is 2.43. The molecule has 1 aromatic carbocycles. The second kappa shape index (κ2) is 6.78. The molecule has 1 saturated heterocycles. The van der Waals surface area contributed by atoms with Crippen LogP contribution in [0, 0.1) is 18.7 Å². The molecule has 2 rings (SSSR count). The first kappa shape index (κ1) is 16.3. The van der Waals surface area contributed by atoms with Crippen molar-refractivity contribution in [2.24, 2.45) is 5.92 Å². The lowest BCUT2D eigenvalue weighted by Gasteiger charge is -2.41. The van der Waals surface area contributed by atoms with Crippen LogP contribution in [-0.2, 0) is 0 Å². The number of hydrogen-bond acceptors (Lipinski definition) is 2. The lowest BCUT2D eigenvalue weighted by Crippen LogP contribution is -2.43. The maximum Gasteiger partial charge on any atom is 0.126 e. The van der Waals surface area contributed by atoms with E-state index in [2.05, 4.69) is 37.9 Å². The van der Waals surface area contributed by atoms with Crippen LogP contribution in [0.15, 0.2) is 12.1 Å². The number of nitrogens with zero attached hydrogens (tertiary/aromatic N) is 1. The molecular weight excluding hydrogens is 263 g/mol. The summed E-state index contributed by atoms with van der Waals surface area (Å²) in [6, 6.07) is 4.44. The number of halogens is 1. The molecule has 1 aliphatic rings. The zero-order valence-corrected chi connectivity index (χ0v) is 14.0. The zero-order valence-electron chi connectivity index (χ0n) is 14.0. The van der Waals surface area contributed by atoms with E-state index in [1.54, 1.807) is 6.07 Å². The fraction of sp³-hybridized carbons (Fsp3) is 0.667. The van der Waals surface area contributed by atoms with Crippen LogP contribution < -0.4 is 10.2 Å². The van der Waals surface area contributed by atoms with Crippen molar-refractivity contribution in [3.05, 3.63) is 29.1 Å². The molecule has 21 heavy (non-hydrogen) atoms. The van der Waals surface area contributed by atoms with Crippen LogP contribution in [-0.4, -0.2) is 19.1 Å². The number of anilines is 1. The third kappa shape index (κ3) is 3.39. The molecule has 0 amide bonds. The average Bonchev–Trinajstić information content (AvgIpc) is 2.45. The zero-order chi connectivity index (χ0) is 15.6. The number of piperidine rings is 1. The number of rotatable bonds is 4. The van der Waals surface area contributed by atoms with E-state index in [9.17, 15) is 4.39 Å². The van der Waals surface area contributed by atoms with Crippen LogP contribution in [0.1, 0.15) is 57.7 Å². The van der Waals surface area contributed by atoms with Gasteiger partial charge in [-0.05, 0) is 69.3 Å². The average molecular weight is 292 g/mol. The second-order valence-electron chi connectivity index (χ2n) is 6.49. The molecule has 0 radical (unpaired) electrons. The molecule has 3 heteroatoms. The molecule has 0 bridgehead atoms. The minimum absolute atomic E-state index is 0.101. The summed E-state index contributed by atoms with van der Waals surface area (Å²) in [7, 11) is 0. The van der Waals surface area contributed by atoms with Gasteiger partial charge >= 0.3 is 0 Å². The van der Waals surface area contributed by atoms with Crippen LogP contribution in [0.5, 0.6) is 0 Å². The number of nitrogens with one attached hydrogen (secondary N) is 1. The van der Waals surface area contributed by atoms with E-state index >= 15 is 0 Å². The minimum atomic E-state index is -0.101. The molecule has 1 aliphatic heterocycles. The van der Waals surface area contributed by atoms with E-state index < -0.39 is 0 Å². The summed E-state index contributed by atoms with van der Waals surface area (Å²) in [5.41, 5.74) is 3.03. The smallest absolute Gasteiger partial charge is 0.126 e. The number of hydrogen-bond donors (Lipinski definition) is 1. The summed E-state index contributed by atoms with van der Waals surface area (Å²) in [5, 5.41) is 3.42. The molecule has 1 fully saturated rings. The largest absolute Gasteiger partial charge is 0.368 e. The lowest BCUT2D eigenvalue weighted by molar-refractivity contribution is 0.362. The molecule has 0 aliphatic carbocycles. The molecule has 3 atom stereocenters. The van der Waals surface area contributed by atoms with Gasteiger partial charge in [0.15, 0.2) is 0 Å². The first-order valence-corrected chi connectivity index (χ1v) is 8.25. The van der Waals surface area contributed by atoms with E-state index in [-0.39, 0.29) is 11.9 Å². The Morgan fingerprint density at radius 3 is 2.76 bits per heavy atom. The van der Waals surface area contributed by atoms with Gasteiger partial charge in [0, 0.05) is 24.3 Å². The van der Waals surface area contributed by atoms with Crippen LogP contribution in [0.4, 0.5) is 10.1 Å². The highest BCUT2D eigenvalue weighted by Gasteiger charge is 2.27. The van der Waals surface area contributed by atoms with Crippen LogP contribution in [0.3, 0.4) is 0 Å². The molecule has 0 spiro atoms. The fourth-order valence-electron chi connectivity index (χ4n) is 3.37. The van der Waals surface area contributed by atoms with E-state index in [4.69, 9.17) is 0 Å². The predicted octanol–water partition coefficient (Wildman–Crippen LogP) is 4.43. The molecule has 0 saturated carbocycles. The van der Waals surface area contributed by atoms with Gasteiger partial charge in [-0.2, -0.15) is 0 Å². The first-order chi connectivity index (χ1) is 9.95. The van der Waals surface area contributed by atoms with E-state index in [1.165, 1.54) is 18.5 Å². The van der Waals surface area contributed by atoms with Gasteiger partial charge in [0.1, 0.15) is 5.82 Å². The van der Waals surface area contributed by atoms with Crippen molar-refractivity contribution in [1.29, 1.82) is 0 Å². The molecule has 1 heterocycles. The van der Waals surface area contributed by atoms with E-state index in [0.29, 0.717) is 12.0 Å². The Kier molecular flexibility index (Phi) is 5.26. The Morgan fingerprint density at radius 2 is 2.10 bits per heavy atom. The Labute approximate surface area is 128 Å². The maximum absolute atomic E-state index is 14.1. The molecule has 2 nitrogen and oxygen atoms in total. The van der Waals surface area contributed by atoms with Crippen LogP contribution in [0.2, 0.25) is 0 Å². The van der Waals surface area contributed by atoms with Crippen molar-refractivity contribution in [1.82, 2.24) is 5.32 Å². The van der Waals surface area contributed by atoms with Crippen LogP contribution in [0.25, 0.3) is 0 Å². The quantitative estimate of drug-likeness (QED) is 0.883. The maximum atomic E-state index is 14.1. The summed E-state index contributed by atoms with van der Waals surface area (Å²) in [4.78, 5) is 2.48. The fourth-order valence-corrected chi connectivity index (χ4v) is 3.37. The minimum Gasteiger partial charge on any atom is -0.368 e. The van der Waals surface area contributed by atoms with Gasteiger partial charge in [0.25, 0.3) is 0 Å². The first-order valence-electron chi connectivity index (χ1n) is 8.25. The van der Waals surface area contributed by atoms with Gasteiger partial charge in [0.2, 0.25) is 0 Å². The molecule has 3 unspecified atom stereocenters. The van der Waals surface area contributed by atoms with Crippen molar-refractivity contribution >= 4 is 5.69 Å². The number of aryl methyl sites for hydroxylation is 1. The van der Waals surface area contributed by atoms with Crippen LogP contribution >= 0.6 is 0 Å². The Morgan fingerprint density at radius 1 is 1.38 bits per heavy atom. The summed E-state index contributed by atoms with van der Waals surface area (Å²) in [6.07, 6.45) is 2.51. The van der Waals surface area contributed by atoms with Gasteiger partial charge in [-0.1, -0.05) is 13.8 Å². The third-order valence-electron chi connectivity index (χ3n) is 4.97. The van der Waals surface area contributed by atoms with Crippen molar-refractivity contribution < 1.29 is 4.39 Å². The van der Waals surface area contributed by atoms with Gasteiger partial charge < -0.3 is 10.2 Å². The van der Waals surface area contributed by atoms with Gasteiger partial charge in [-0.15, -0.1) is 0 Å². The Bertz CT molecular complexity index is 486. The predicted molar refractivity (Wildman–Crippen MR) is 88.4 cm³/mol. The molecule has 118 valence electrons. The van der Waals surface area contributed by atoms with Crippen molar-refractivity contribution in [2.75, 3.05) is 18.0 Å². The summed E-state index contributed by atoms with van der Waals surface area (Å²) in [5.74, 6) is 0.586. The highest BCUT2D eigenvalue weighted by Crippen LogP contribution is 2.35. The van der Waals surface area contributed by atoms with Gasteiger partial charge in [-0.25, -0.2) is 4.39 Å². The molecular formula is C18H29FN2. The SMILES string of the molecule is CCNC(C)c1cc(F)c(C)cc1N1CCCC(C)C1C. The van der Waals surface area contributed by atoms with Crippen molar-refractivity contribution in [3.63, 3.8) is 0 Å². The van der Waals surface area contributed by atoms with Gasteiger partial charge in [0.05, 0.1) is 0 Å². The highest BCUT2D eigenvalue weighted by molar-refractivity contribution is 5.58. The normalized spacial score (nSPS) is 24.2. The summed E-state index contributed by atoms with van der Waals surface area (Å²) < 4.78 is 14.1. The topological polar surface area (TPSA) is 15.3 Å². The standard InChI is InChI=1S/C18H29FN2/c1-6-20-14(4)16-11-17(19)13(3)10-18(16)21-9-7-8-12(2)15(21)5/h10-12,14-15,20H,6-9H2,1-5H3.